The first-order chi connectivity index (χ1) is 8.97. The molecule has 1 aliphatic heterocycles. The first kappa shape index (κ1) is 14.5. The molecule has 1 aromatic rings. The Hall–Kier alpha value is -0.940. The van der Waals surface area contributed by atoms with Crippen LogP contribution in [0.4, 0.5) is 4.39 Å². The Bertz CT molecular complexity index is 538. The number of hydrogen-bond donors (Lipinski definition) is 1. The highest BCUT2D eigenvalue weighted by atomic mass is 32.2. The Kier molecular flexibility index (Phi) is 4.26. The van der Waals surface area contributed by atoms with Gasteiger partial charge in [-0.25, -0.2) is 12.8 Å². The third-order valence-corrected chi connectivity index (χ3v) is 5.63. The molecule has 1 N–H and O–H groups in total. The zero-order valence-corrected chi connectivity index (χ0v) is 12.0. The summed E-state index contributed by atoms with van der Waals surface area (Å²) in [5, 5.41) is 3.17. The molecule has 0 radical (unpaired) electrons. The van der Waals surface area contributed by atoms with E-state index >= 15 is 0 Å². The second-order valence-electron chi connectivity index (χ2n) is 5.30. The van der Waals surface area contributed by atoms with Gasteiger partial charge in [-0.05, 0) is 30.5 Å². The van der Waals surface area contributed by atoms with Crippen molar-refractivity contribution in [2.24, 2.45) is 0 Å². The Balaban J connectivity index is 2.12. The van der Waals surface area contributed by atoms with Gasteiger partial charge in [-0.15, -0.1) is 0 Å². The molecular formula is C14H20FNO2S. The summed E-state index contributed by atoms with van der Waals surface area (Å²) in [5.41, 5.74) is 0.682. The topological polar surface area (TPSA) is 46.2 Å². The molecule has 5 heteroatoms. The number of nitrogens with one attached hydrogen (secondary N) is 1. The largest absolute Gasteiger partial charge is 0.315 e. The van der Waals surface area contributed by atoms with E-state index in [1.165, 1.54) is 12.1 Å². The second kappa shape index (κ2) is 5.59. The van der Waals surface area contributed by atoms with Crippen molar-refractivity contribution in [3.8, 4) is 0 Å². The van der Waals surface area contributed by atoms with E-state index in [9.17, 15) is 12.8 Å². The van der Waals surface area contributed by atoms with Crippen LogP contribution < -0.4 is 5.32 Å². The lowest BCUT2D eigenvalue weighted by atomic mass is 9.73. The van der Waals surface area contributed by atoms with Gasteiger partial charge in [-0.3, -0.25) is 0 Å². The van der Waals surface area contributed by atoms with E-state index in [1.807, 2.05) is 13.0 Å². The zero-order chi connectivity index (χ0) is 13.9. The Morgan fingerprint density at radius 3 is 2.58 bits per heavy atom. The fourth-order valence-corrected chi connectivity index (χ4v) is 4.06. The molecule has 1 aliphatic rings. The van der Waals surface area contributed by atoms with Gasteiger partial charge >= 0.3 is 0 Å². The molecule has 19 heavy (non-hydrogen) atoms. The van der Waals surface area contributed by atoms with Crippen LogP contribution in [0.3, 0.4) is 0 Å². The van der Waals surface area contributed by atoms with Crippen LogP contribution in [0, 0.1) is 5.82 Å². The van der Waals surface area contributed by atoms with Crippen molar-refractivity contribution in [2.45, 2.75) is 25.2 Å². The highest BCUT2D eigenvalue weighted by Crippen LogP contribution is 2.33. The van der Waals surface area contributed by atoms with Crippen molar-refractivity contribution >= 4 is 9.84 Å². The fourth-order valence-electron chi connectivity index (χ4n) is 2.53. The highest BCUT2D eigenvalue weighted by molar-refractivity contribution is 7.91. The van der Waals surface area contributed by atoms with E-state index < -0.39 is 9.84 Å². The van der Waals surface area contributed by atoms with Crippen LogP contribution in [-0.2, 0) is 15.3 Å². The van der Waals surface area contributed by atoms with Crippen molar-refractivity contribution in [1.82, 2.24) is 5.32 Å². The first-order valence-electron chi connectivity index (χ1n) is 6.65. The van der Waals surface area contributed by atoms with Gasteiger partial charge in [0.05, 0.1) is 5.75 Å². The van der Waals surface area contributed by atoms with E-state index in [0.29, 0.717) is 12.8 Å². The quantitative estimate of drug-likeness (QED) is 0.868. The molecule has 0 saturated carbocycles. The Morgan fingerprint density at radius 1 is 1.32 bits per heavy atom. The van der Waals surface area contributed by atoms with Crippen LogP contribution in [0.1, 0.15) is 25.3 Å². The molecule has 1 aromatic carbocycles. The van der Waals surface area contributed by atoms with Gasteiger partial charge in [-0.1, -0.05) is 19.1 Å². The predicted molar refractivity (Wildman–Crippen MR) is 74.5 cm³/mol. The summed E-state index contributed by atoms with van der Waals surface area (Å²) in [6.07, 6.45) is 1.21. The molecule has 1 fully saturated rings. The van der Waals surface area contributed by atoms with Crippen molar-refractivity contribution in [3.05, 3.63) is 35.6 Å². The molecule has 106 valence electrons. The third-order valence-electron chi connectivity index (χ3n) is 3.77. The molecular weight excluding hydrogens is 265 g/mol. The molecule has 0 spiro atoms. The summed E-state index contributed by atoms with van der Waals surface area (Å²) in [6, 6.07) is 6.51. The average molecular weight is 285 g/mol. The SMILES string of the molecule is CCCS(=O)(=O)CCC1(c2cccc(F)c2)CNC1. The molecule has 0 bridgehead atoms. The summed E-state index contributed by atoms with van der Waals surface area (Å²) in [5.74, 6) is 0.152. The van der Waals surface area contributed by atoms with E-state index in [2.05, 4.69) is 5.32 Å². The summed E-state index contributed by atoms with van der Waals surface area (Å²) in [4.78, 5) is 0. The maximum absolute atomic E-state index is 13.3. The Labute approximate surface area is 114 Å². The smallest absolute Gasteiger partial charge is 0.150 e. The summed E-state index contributed by atoms with van der Waals surface area (Å²) >= 11 is 0. The van der Waals surface area contributed by atoms with E-state index in [4.69, 9.17) is 0 Å². The van der Waals surface area contributed by atoms with Crippen molar-refractivity contribution < 1.29 is 12.8 Å². The van der Waals surface area contributed by atoms with Crippen LogP contribution in [0.5, 0.6) is 0 Å². The number of halogens is 1. The molecule has 1 heterocycles. The molecule has 0 amide bonds. The number of benzene rings is 1. The maximum Gasteiger partial charge on any atom is 0.150 e. The van der Waals surface area contributed by atoms with Crippen LogP contribution in [0.15, 0.2) is 24.3 Å². The van der Waals surface area contributed by atoms with Gasteiger partial charge in [0, 0.05) is 24.3 Å². The summed E-state index contributed by atoms with van der Waals surface area (Å²) in [7, 11) is -2.98. The lowest BCUT2D eigenvalue weighted by molar-refractivity contribution is 0.267. The normalized spacial score (nSPS) is 18.0. The molecule has 1 saturated heterocycles. The lowest BCUT2D eigenvalue weighted by Crippen LogP contribution is -2.57. The van der Waals surface area contributed by atoms with Gasteiger partial charge < -0.3 is 5.32 Å². The average Bonchev–Trinajstić information content (AvgIpc) is 2.27. The van der Waals surface area contributed by atoms with Crippen LogP contribution in [-0.4, -0.2) is 33.0 Å². The molecule has 0 unspecified atom stereocenters. The maximum atomic E-state index is 13.3. The van der Waals surface area contributed by atoms with Gasteiger partial charge in [0.1, 0.15) is 15.7 Å². The zero-order valence-electron chi connectivity index (χ0n) is 11.2. The molecule has 3 nitrogen and oxygen atoms in total. The van der Waals surface area contributed by atoms with Crippen LogP contribution in [0.2, 0.25) is 0 Å². The van der Waals surface area contributed by atoms with Gasteiger partial charge in [0.2, 0.25) is 0 Å². The second-order valence-corrected chi connectivity index (χ2v) is 7.60. The summed E-state index contributed by atoms with van der Waals surface area (Å²) < 4.78 is 37.0. The van der Waals surface area contributed by atoms with E-state index in [1.54, 1.807) is 6.07 Å². The fraction of sp³-hybridized carbons (Fsp3) is 0.571. The minimum absolute atomic E-state index is 0.180. The Morgan fingerprint density at radius 2 is 2.05 bits per heavy atom. The predicted octanol–water partition coefficient (Wildman–Crippen LogP) is 1.88. The summed E-state index contributed by atoms with van der Waals surface area (Å²) in [6.45, 7) is 3.31. The van der Waals surface area contributed by atoms with Crippen molar-refractivity contribution in [2.75, 3.05) is 24.6 Å². The van der Waals surface area contributed by atoms with E-state index in [0.717, 1.165) is 18.7 Å². The standard InChI is InChI=1S/C14H20FNO2S/c1-2-7-19(17,18)8-6-14(10-16-11-14)12-4-3-5-13(15)9-12/h3-5,9,16H,2,6-8,10-11H2,1H3. The van der Waals surface area contributed by atoms with Gasteiger partial charge in [-0.2, -0.15) is 0 Å². The number of rotatable bonds is 6. The first-order valence-corrected chi connectivity index (χ1v) is 8.47. The molecule has 0 aliphatic carbocycles. The van der Waals surface area contributed by atoms with Crippen molar-refractivity contribution in [3.63, 3.8) is 0 Å². The van der Waals surface area contributed by atoms with Gasteiger partial charge in [0.25, 0.3) is 0 Å². The molecule has 0 aromatic heterocycles. The number of hydrogen-bond acceptors (Lipinski definition) is 3. The molecule has 0 atom stereocenters. The van der Waals surface area contributed by atoms with Gasteiger partial charge in [0.15, 0.2) is 0 Å². The minimum atomic E-state index is -2.98. The monoisotopic (exact) mass is 285 g/mol. The number of sulfone groups is 1. The van der Waals surface area contributed by atoms with E-state index in [-0.39, 0.29) is 22.7 Å². The highest BCUT2D eigenvalue weighted by Gasteiger charge is 2.39. The molecule has 2 rings (SSSR count). The minimum Gasteiger partial charge on any atom is -0.315 e. The third kappa shape index (κ3) is 3.34. The van der Waals surface area contributed by atoms with Crippen molar-refractivity contribution in [1.29, 1.82) is 0 Å². The van der Waals surface area contributed by atoms with Crippen LogP contribution in [0.25, 0.3) is 0 Å². The van der Waals surface area contributed by atoms with Crippen LogP contribution >= 0.6 is 0 Å². The lowest BCUT2D eigenvalue weighted by Gasteiger charge is -2.43.